The minimum atomic E-state index is 0.663. The topological polar surface area (TPSA) is 59.5 Å². The summed E-state index contributed by atoms with van der Waals surface area (Å²) in [5.74, 6) is 0.884. The molecular weight excluding hydrogens is 256 g/mol. The second-order valence-corrected chi connectivity index (χ2v) is 5.00. The van der Waals surface area contributed by atoms with Crippen LogP contribution in [-0.4, -0.2) is 56.5 Å². The molecule has 6 nitrogen and oxygen atoms in total. The van der Waals surface area contributed by atoms with E-state index < -0.39 is 0 Å². The van der Waals surface area contributed by atoms with Crippen molar-refractivity contribution in [3.8, 4) is 0 Å². The predicted molar refractivity (Wildman–Crippen MR) is 77.9 cm³/mol. The molecule has 6 heteroatoms. The highest BCUT2D eigenvalue weighted by Gasteiger charge is 2.20. The molecule has 1 fully saturated rings. The fourth-order valence-corrected chi connectivity index (χ4v) is 1.91. The van der Waals surface area contributed by atoms with Gasteiger partial charge in [0.25, 0.3) is 0 Å². The summed E-state index contributed by atoms with van der Waals surface area (Å²) in [4.78, 5) is 11.1. The molecule has 0 bridgehead atoms. The van der Waals surface area contributed by atoms with Gasteiger partial charge in [-0.1, -0.05) is 0 Å². The number of anilines is 1. The summed E-state index contributed by atoms with van der Waals surface area (Å²) in [6.07, 6.45) is 6.18. The van der Waals surface area contributed by atoms with E-state index in [4.69, 9.17) is 9.47 Å². The zero-order valence-electron chi connectivity index (χ0n) is 12.3. The van der Waals surface area contributed by atoms with Crippen LogP contribution in [0, 0.1) is 0 Å². The summed E-state index contributed by atoms with van der Waals surface area (Å²) in [6, 6.07) is 0.679. The lowest BCUT2D eigenvalue weighted by Crippen LogP contribution is -2.31. The van der Waals surface area contributed by atoms with Crippen molar-refractivity contribution in [1.82, 2.24) is 15.3 Å². The number of nitrogens with one attached hydrogen (secondary N) is 1. The Morgan fingerprint density at radius 3 is 2.50 bits per heavy atom. The molecule has 0 spiro atoms. The molecule has 0 aromatic carbocycles. The van der Waals surface area contributed by atoms with Crippen molar-refractivity contribution < 1.29 is 9.47 Å². The van der Waals surface area contributed by atoms with Gasteiger partial charge in [0.2, 0.25) is 0 Å². The zero-order chi connectivity index (χ0) is 14.2. The average Bonchev–Trinajstić information content (AvgIpc) is 3.30. The summed E-state index contributed by atoms with van der Waals surface area (Å²) < 4.78 is 10.3. The lowest BCUT2D eigenvalue weighted by atomic mass is 10.4. The first kappa shape index (κ1) is 15.2. The molecule has 1 aromatic heterocycles. The third-order valence-electron chi connectivity index (χ3n) is 3.28. The van der Waals surface area contributed by atoms with Gasteiger partial charge in [-0.25, -0.2) is 4.98 Å². The lowest BCUT2D eigenvalue weighted by Gasteiger charge is -2.23. The average molecular weight is 280 g/mol. The van der Waals surface area contributed by atoms with Gasteiger partial charge in [-0.3, -0.25) is 4.98 Å². The van der Waals surface area contributed by atoms with Gasteiger partial charge in [0.05, 0.1) is 25.1 Å². The maximum atomic E-state index is 5.15. The smallest absolute Gasteiger partial charge is 0.147 e. The minimum Gasteiger partial charge on any atom is -0.383 e. The maximum Gasteiger partial charge on any atom is 0.147 e. The van der Waals surface area contributed by atoms with E-state index in [0.29, 0.717) is 19.3 Å². The Hall–Kier alpha value is -1.24. The molecule has 0 aliphatic heterocycles. The van der Waals surface area contributed by atoms with Gasteiger partial charge in [0.15, 0.2) is 0 Å². The highest BCUT2D eigenvalue weighted by atomic mass is 16.5. The van der Waals surface area contributed by atoms with Gasteiger partial charge in [-0.2, -0.15) is 0 Å². The monoisotopic (exact) mass is 280 g/mol. The van der Waals surface area contributed by atoms with Crippen LogP contribution in [-0.2, 0) is 16.0 Å². The van der Waals surface area contributed by atoms with E-state index in [2.05, 4.69) is 20.2 Å². The number of ether oxygens (including phenoxy) is 2. The SMILES string of the molecule is COCCN(CCOC)c1cncc(CNC2CC2)n1. The molecule has 0 amide bonds. The van der Waals surface area contributed by atoms with Crippen molar-refractivity contribution in [3.05, 3.63) is 18.1 Å². The quantitative estimate of drug-likeness (QED) is 0.685. The van der Waals surface area contributed by atoms with E-state index >= 15 is 0 Å². The molecule has 112 valence electrons. The molecule has 0 unspecified atom stereocenters. The highest BCUT2D eigenvalue weighted by Crippen LogP contribution is 2.19. The normalized spacial score (nSPS) is 14.5. The molecule has 0 radical (unpaired) electrons. The Morgan fingerprint density at radius 2 is 1.90 bits per heavy atom. The molecule has 2 rings (SSSR count). The molecule has 20 heavy (non-hydrogen) atoms. The lowest BCUT2D eigenvalue weighted by molar-refractivity contribution is 0.190. The number of rotatable bonds is 10. The highest BCUT2D eigenvalue weighted by molar-refractivity contribution is 5.36. The summed E-state index contributed by atoms with van der Waals surface area (Å²) in [5, 5.41) is 3.45. The van der Waals surface area contributed by atoms with Gasteiger partial charge >= 0.3 is 0 Å². The zero-order valence-corrected chi connectivity index (χ0v) is 12.3. The number of nitrogens with zero attached hydrogens (tertiary/aromatic N) is 3. The van der Waals surface area contributed by atoms with Gasteiger partial charge in [0, 0.05) is 46.1 Å². The third-order valence-corrected chi connectivity index (χ3v) is 3.28. The predicted octanol–water partition coefficient (Wildman–Crippen LogP) is 0.828. The fraction of sp³-hybridized carbons (Fsp3) is 0.714. The Labute approximate surface area is 120 Å². The first-order valence-corrected chi connectivity index (χ1v) is 7.10. The van der Waals surface area contributed by atoms with Crippen LogP contribution in [0.25, 0.3) is 0 Å². The van der Waals surface area contributed by atoms with Gasteiger partial charge in [-0.15, -0.1) is 0 Å². The molecule has 0 atom stereocenters. The molecule has 1 saturated carbocycles. The van der Waals surface area contributed by atoms with Crippen LogP contribution in [0.15, 0.2) is 12.4 Å². The van der Waals surface area contributed by atoms with Crippen molar-refractivity contribution in [2.24, 2.45) is 0 Å². The molecular formula is C14H24N4O2. The number of methoxy groups -OCH3 is 2. The molecule has 1 N–H and O–H groups in total. The Bertz CT molecular complexity index is 391. The summed E-state index contributed by atoms with van der Waals surface area (Å²) >= 11 is 0. The fourth-order valence-electron chi connectivity index (χ4n) is 1.91. The maximum absolute atomic E-state index is 5.15. The first-order valence-electron chi connectivity index (χ1n) is 7.10. The number of hydrogen-bond acceptors (Lipinski definition) is 6. The van der Waals surface area contributed by atoms with Crippen LogP contribution in [0.1, 0.15) is 18.5 Å². The van der Waals surface area contributed by atoms with E-state index in [-0.39, 0.29) is 0 Å². The van der Waals surface area contributed by atoms with Crippen LogP contribution in [0.5, 0.6) is 0 Å². The van der Waals surface area contributed by atoms with E-state index in [9.17, 15) is 0 Å². The van der Waals surface area contributed by atoms with Gasteiger partial charge < -0.3 is 19.7 Å². The van der Waals surface area contributed by atoms with Crippen molar-refractivity contribution in [2.75, 3.05) is 45.4 Å². The van der Waals surface area contributed by atoms with Crippen molar-refractivity contribution >= 4 is 5.82 Å². The molecule has 1 heterocycles. The Kier molecular flexibility index (Phi) is 6.17. The summed E-state index contributed by atoms with van der Waals surface area (Å²) in [6.45, 7) is 3.68. The van der Waals surface area contributed by atoms with Crippen LogP contribution in [0.2, 0.25) is 0 Å². The first-order chi connectivity index (χ1) is 9.83. The van der Waals surface area contributed by atoms with E-state index in [1.807, 2.05) is 6.20 Å². The van der Waals surface area contributed by atoms with Crippen molar-refractivity contribution in [2.45, 2.75) is 25.4 Å². The second-order valence-electron chi connectivity index (χ2n) is 5.00. The van der Waals surface area contributed by atoms with Crippen LogP contribution in [0.4, 0.5) is 5.82 Å². The number of hydrogen-bond donors (Lipinski definition) is 1. The standard InChI is InChI=1S/C14H24N4O2/c1-19-7-5-18(6-8-20-2)14-11-15-9-13(17-14)10-16-12-3-4-12/h9,11-12,16H,3-8,10H2,1-2H3. The summed E-state index contributed by atoms with van der Waals surface area (Å²) in [7, 11) is 3.41. The van der Waals surface area contributed by atoms with Crippen molar-refractivity contribution in [3.63, 3.8) is 0 Å². The molecule has 0 saturated heterocycles. The molecule has 1 aliphatic carbocycles. The largest absolute Gasteiger partial charge is 0.383 e. The molecule has 1 aromatic rings. The van der Waals surface area contributed by atoms with Crippen LogP contribution >= 0.6 is 0 Å². The van der Waals surface area contributed by atoms with E-state index in [0.717, 1.165) is 31.1 Å². The third kappa shape index (κ3) is 5.03. The van der Waals surface area contributed by atoms with E-state index in [1.54, 1.807) is 20.4 Å². The van der Waals surface area contributed by atoms with E-state index in [1.165, 1.54) is 12.8 Å². The second kappa shape index (κ2) is 8.14. The van der Waals surface area contributed by atoms with Crippen LogP contribution < -0.4 is 10.2 Å². The Morgan fingerprint density at radius 1 is 1.20 bits per heavy atom. The van der Waals surface area contributed by atoms with Crippen LogP contribution in [0.3, 0.4) is 0 Å². The summed E-state index contributed by atoms with van der Waals surface area (Å²) in [5.41, 5.74) is 0.981. The number of aromatic nitrogens is 2. The van der Waals surface area contributed by atoms with Gasteiger partial charge in [-0.05, 0) is 12.8 Å². The molecule has 1 aliphatic rings. The minimum absolute atomic E-state index is 0.663. The van der Waals surface area contributed by atoms with Crippen molar-refractivity contribution in [1.29, 1.82) is 0 Å². The van der Waals surface area contributed by atoms with Gasteiger partial charge in [0.1, 0.15) is 5.82 Å². The Balaban J connectivity index is 1.95.